The maximum atomic E-state index is 13.7. The molecule has 5 rings (SSSR count). The van der Waals surface area contributed by atoms with Crippen LogP contribution in [0.3, 0.4) is 0 Å². The third-order valence-electron chi connectivity index (χ3n) is 7.71. The maximum absolute atomic E-state index is 13.7. The molecule has 0 bridgehead atoms. The van der Waals surface area contributed by atoms with Crippen LogP contribution >= 0.6 is 11.3 Å². The van der Waals surface area contributed by atoms with E-state index in [2.05, 4.69) is 0 Å². The molecular formula is C26H28N2O6S. The van der Waals surface area contributed by atoms with Crippen molar-refractivity contribution in [1.82, 2.24) is 4.90 Å². The lowest BCUT2D eigenvalue weighted by Gasteiger charge is -2.51. The Hall–Kier alpha value is -3.14. The fraction of sp³-hybridized carbons (Fsp3) is 0.385. The van der Waals surface area contributed by atoms with Gasteiger partial charge in [0.05, 0.1) is 17.2 Å². The van der Waals surface area contributed by atoms with Crippen molar-refractivity contribution in [3.63, 3.8) is 0 Å². The van der Waals surface area contributed by atoms with Gasteiger partial charge in [-0.15, -0.1) is 11.3 Å². The van der Waals surface area contributed by atoms with Gasteiger partial charge in [0.1, 0.15) is 22.9 Å². The number of carbonyl (C=O) groups excluding carboxylic acids is 2. The molecule has 9 heteroatoms. The summed E-state index contributed by atoms with van der Waals surface area (Å²) < 4.78 is 0. The Bertz CT molecular complexity index is 1340. The number of allylic oxidation sites excluding steroid dienone is 1. The fourth-order valence-corrected chi connectivity index (χ4v) is 7.06. The number of nitrogens with two attached hydrogens (primary N) is 1. The van der Waals surface area contributed by atoms with Gasteiger partial charge in [-0.25, -0.2) is 0 Å². The van der Waals surface area contributed by atoms with Gasteiger partial charge in [0.15, 0.2) is 5.78 Å². The Balaban J connectivity index is 1.69. The monoisotopic (exact) mass is 496 g/mol. The van der Waals surface area contributed by atoms with Crippen molar-refractivity contribution in [2.75, 3.05) is 14.1 Å². The van der Waals surface area contributed by atoms with Crippen LogP contribution in [0.4, 0.5) is 0 Å². The molecule has 4 unspecified atom stereocenters. The Morgan fingerprint density at radius 2 is 1.89 bits per heavy atom. The fourth-order valence-electron chi connectivity index (χ4n) is 6.14. The number of phenols is 1. The molecule has 6 N–H and O–H groups in total. The number of amides is 1. The third kappa shape index (κ3) is 3.33. The Kier molecular flexibility index (Phi) is 5.35. The topological polar surface area (TPSA) is 144 Å². The molecule has 1 heterocycles. The van der Waals surface area contributed by atoms with Crippen molar-refractivity contribution < 1.29 is 30.0 Å². The van der Waals surface area contributed by atoms with Crippen molar-refractivity contribution >= 4 is 23.0 Å². The van der Waals surface area contributed by atoms with E-state index in [0.29, 0.717) is 18.4 Å². The van der Waals surface area contributed by atoms with Crippen molar-refractivity contribution in [2.24, 2.45) is 17.6 Å². The molecule has 184 valence electrons. The number of nitrogens with zero attached hydrogens (tertiary/aromatic N) is 1. The molecule has 0 spiro atoms. The zero-order valence-corrected chi connectivity index (χ0v) is 20.5. The number of Topliss-reactive ketones (excluding diaryl/α,β-unsaturated/α-hetero) is 1. The van der Waals surface area contributed by atoms with E-state index in [9.17, 15) is 30.0 Å². The molecule has 4 atom stereocenters. The average Bonchev–Trinajstić information content (AvgIpc) is 3.20. The smallest absolute Gasteiger partial charge is 0.248 e. The highest BCUT2D eigenvalue weighted by molar-refractivity contribution is 7.15. The van der Waals surface area contributed by atoms with Crippen molar-refractivity contribution in [2.45, 2.75) is 37.8 Å². The minimum Gasteiger partial charge on any atom is -0.510 e. The van der Waals surface area contributed by atoms with Gasteiger partial charge in [-0.3, -0.25) is 14.5 Å². The van der Waals surface area contributed by atoms with Gasteiger partial charge < -0.3 is 26.2 Å². The van der Waals surface area contributed by atoms with E-state index in [1.165, 1.54) is 6.07 Å². The number of thiophene rings is 1. The number of aromatic hydroxyl groups is 1. The highest BCUT2D eigenvalue weighted by Gasteiger charge is 2.58. The molecule has 2 aromatic rings. The number of rotatable bonds is 3. The summed E-state index contributed by atoms with van der Waals surface area (Å²) in [7, 11) is 3.41. The van der Waals surface area contributed by atoms with Gasteiger partial charge in [0, 0.05) is 27.7 Å². The number of carbonyl (C=O) groups is 2. The average molecular weight is 497 g/mol. The predicted octanol–water partition coefficient (Wildman–Crippen LogP) is 2.98. The minimum absolute atomic E-state index is 0.0498. The van der Waals surface area contributed by atoms with E-state index in [-0.39, 0.29) is 28.2 Å². The van der Waals surface area contributed by atoms with Crippen LogP contribution in [0.1, 0.15) is 33.6 Å². The molecule has 1 aromatic carbocycles. The number of benzene rings is 1. The quantitative estimate of drug-likeness (QED) is 0.439. The van der Waals surface area contributed by atoms with Crippen molar-refractivity contribution in [1.29, 1.82) is 0 Å². The summed E-state index contributed by atoms with van der Waals surface area (Å²) in [6, 6.07) is 6.49. The zero-order chi connectivity index (χ0) is 25.4. The molecule has 35 heavy (non-hydrogen) atoms. The molecule has 0 fully saturated rings. The first-order valence-electron chi connectivity index (χ1n) is 11.5. The van der Waals surface area contributed by atoms with Gasteiger partial charge >= 0.3 is 0 Å². The van der Waals surface area contributed by atoms with Crippen molar-refractivity contribution in [3.05, 3.63) is 62.9 Å². The van der Waals surface area contributed by atoms with E-state index in [4.69, 9.17) is 5.73 Å². The number of hydrogen-bond donors (Lipinski definition) is 5. The van der Waals surface area contributed by atoms with E-state index in [0.717, 1.165) is 15.3 Å². The van der Waals surface area contributed by atoms with Crippen LogP contribution in [-0.2, 0) is 11.2 Å². The van der Waals surface area contributed by atoms with Crippen LogP contribution < -0.4 is 5.73 Å². The van der Waals surface area contributed by atoms with Crippen LogP contribution in [0, 0.1) is 18.8 Å². The van der Waals surface area contributed by atoms with Gasteiger partial charge in [-0.1, -0.05) is 0 Å². The summed E-state index contributed by atoms with van der Waals surface area (Å²) in [4.78, 5) is 29.6. The summed E-state index contributed by atoms with van der Waals surface area (Å²) in [5, 5.41) is 44.6. The number of aliphatic hydroxyl groups is 3. The summed E-state index contributed by atoms with van der Waals surface area (Å²) in [5.74, 6) is -3.46. The Morgan fingerprint density at radius 1 is 1.17 bits per heavy atom. The first-order valence-corrected chi connectivity index (χ1v) is 12.3. The number of ketones is 1. The van der Waals surface area contributed by atoms with Crippen LogP contribution in [0.5, 0.6) is 5.75 Å². The Labute approximate surface area is 206 Å². The summed E-state index contributed by atoms with van der Waals surface area (Å²) in [5.41, 5.74) is 5.09. The van der Waals surface area contributed by atoms with E-state index < -0.39 is 47.3 Å². The lowest BCUT2D eigenvalue weighted by atomic mass is 9.59. The minimum atomic E-state index is -1.96. The number of aryl methyl sites for hydroxylation is 1. The Morgan fingerprint density at radius 3 is 2.49 bits per heavy atom. The SMILES string of the molecule is Cc1ccc(-c2ccc(O)c3c2CC2CC4C(N(C)C)C(O)=C(C(N)=O)CC4(O)C(O)=C2C3=O)s1. The lowest BCUT2D eigenvalue weighted by Crippen LogP contribution is -2.59. The third-order valence-corrected chi connectivity index (χ3v) is 8.75. The largest absolute Gasteiger partial charge is 0.510 e. The molecule has 3 aliphatic rings. The standard InChI is InChI=1S/C26H28N2O6S/c1-11-4-7-18(35-11)13-5-6-17(29)20-14(13)8-12-9-16-21(28(2)3)22(30)15(25(27)33)10-26(16,34)24(32)19(12)23(20)31/h4-7,12,16,21,29-30,32,34H,8-10H2,1-3H3,(H2,27,33). The van der Waals surface area contributed by atoms with Gasteiger partial charge in [0.2, 0.25) is 5.91 Å². The highest BCUT2D eigenvalue weighted by atomic mass is 32.1. The van der Waals surface area contributed by atoms with Gasteiger partial charge in [-0.2, -0.15) is 0 Å². The van der Waals surface area contributed by atoms with Crippen molar-refractivity contribution in [3.8, 4) is 16.2 Å². The number of phenolic OH excluding ortho intramolecular Hbond substituents is 1. The summed E-state index contributed by atoms with van der Waals surface area (Å²) in [6.45, 7) is 2.00. The van der Waals surface area contributed by atoms with Crippen LogP contribution in [0.2, 0.25) is 0 Å². The second-order valence-electron chi connectivity index (χ2n) is 9.97. The van der Waals surface area contributed by atoms with Crippen LogP contribution in [-0.4, -0.2) is 62.8 Å². The number of fused-ring (bicyclic) bond motifs is 3. The van der Waals surface area contributed by atoms with Gasteiger partial charge in [-0.05, 0) is 75.2 Å². The first kappa shape index (κ1) is 23.6. The number of hydrogen-bond acceptors (Lipinski definition) is 8. The van der Waals surface area contributed by atoms with Crippen LogP contribution in [0.15, 0.2) is 46.9 Å². The number of likely N-dealkylation sites (N-methyl/N-ethyl adjacent to an activating group) is 1. The molecule has 8 nitrogen and oxygen atoms in total. The zero-order valence-electron chi connectivity index (χ0n) is 19.7. The summed E-state index contributed by atoms with van der Waals surface area (Å²) >= 11 is 1.59. The molecule has 0 saturated heterocycles. The molecule has 0 saturated carbocycles. The number of primary amides is 1. The molecule has 3 aliphatic carbocycles. The second-order valence-corrected chi connectivity index (χ2v) is 11.3. The molecule has 0 radical (unpaired) electrons. The second kappa shape index (κ2) is 7.94. The highest BCUT2D eigenvalue weighted by Crippen LogP contribution is 2.54. The van der Waals surface area contributed by atoms with E-state index >= 15 is 0 Å². The van der Waals surface area contributed by atoms with Gasteiger partial charge in [0.25, 0.3) is 0 Å². The lowest BCUT2D eigenvalue weighted by molar-refractivity contribution is -0.118. The number of aliphatic hydroxyl groups excluding tert-OH is 2. The van der Waals surface area contributed by atoms with E-state index in [1.54, 1.807) is 36.4 Å². The molecule has 1 amide bonds. The normalized spacial score (nSPS) is 28.1. The first-order chi connectivity index (χ1) is 16.5. The summed E-state index contributed by atoms with van der Waals surface area (Å²) in [6.07, 6.45) is 0.269. The molecule has 1 aromatic heterocycles. The predicted molar refractivity (Wildman–Crippen MR) is 131 cm³/mol. The molecular weight excluding hydrogens is 468 g/mol. The van der Waals surface area contributed by atoms with E-state index in [1.807, 2.05) is 19.1 Å². The van der Waals surface area contributed by atoms with Crippen LogP contribution in [0.25, 0.3) is 10.4 Å². The maximum Gasteiger partial charge on any atom is 0.248 e. The molecule has 0 aliphatic heterocycles.